The van der Waals surface area contributed by atoms with Gasteiger partial charge in [-0.25, -0.2) is 0 Å². The van der Waals surface area contributed by atoms with Crippen LogP contribution in [0.1, 0.15) is 72.1 Å². The monoisotopic (exact) mass is 320 g/mol. The van der Waals surface area contributed by atoms with Gasteiger partial charge in [-0.1, -0.05) is 20.3 Å². The van der Waals surface area contributed by atoms with Crippen LogP contribution in [0.25, 0.3) is 0 Å². The lowest BCUT2D eigenvalue weighted by molar-refractivity contribution is -0.186. The fraction of sp³-hybridized carbons (Fsp3) is 0.950. The van der Waals surface area contributed by atoms with Crippen LogP contribution in [0.4, 0.5) is 0 Å². The molecule has 3 nitrogen and oxygen atoms in total. The minimum Gasteiger partial charge on any atom is -0.392 e. The predicted molar refractivity (Wildman–Crippen MR) is 88.7 cm³/mol. The molecular weight excluding hydrogens is 288 g/mol. The minimum absolute atomic E-state index is 0.00407. The van der Waals surface area contributed by atoms with E-state index in [9.17, 15) is 15.0 Å². The van der Waals surface area contributed by atoms with E-state index in [0.717, 1.165) is 38.5 Å². The van der Waals surface area contributed by atoms with Gasteiger partial charge in [0.1, 0.15) is 6.29 Å². The standard InChI is InChI=1S/C20H32O3/c1-17(2)8-4-9-20(12-21)14(17)7-10-19-11-18(3,23)13(16(19)22)5-6-15(19)20/h12-16,22-23H,4-11H2,1-3H3/t13-,14+,15+,16-,18+,19-,20-/m1/s1. The van der Waals surface area contributed by atoms with Crippen molar-refractivity contribution >= 4 is 6.29 Å². The lowest BCUT2D eigenvalue weighted by atomic mass is 9.40. The fourth-order valence-corrected chi connectivity index (χ4v) is 7.93. The minimum atomic E-state index is -0.769. The van der Waals surface area contributed by atoms with Crippen LogP contribution in [0.5, 0.6) is 0 Å². The second-order valence-corrected chi connectivity index (χ2v) is 10.1. The summed E-state index contributed by atoms with van der Waals surface area (Å²) in [5.74, 6) is 0.688. The number of aliphatic hydroxyl groups is 2. The Morgan fingerprint density at radius 3 is 2.43 bits per heavy atom. The van der Waals surface area contributed by atoms with E-state index in [4.69, 9.17) is 0 Å². The summed E-state index contributed by atoms with van der Waals surface area (Å²) < 4.78 is 0. The molecule has 4 fully saturated rings. The highest BCUT2D eigenvalue weighted by atomic mass is 16.3. The molecule has 23 heavy (non-hydrogen) atoms. The Balaban J connectivity index is 1.81. The number of fused-ring (bicyclic) bond motifs is 3. The number of hydrogen-bond acceptors (Lipinski definition) is 3. The van der Waals surface area contributed by atoms with Crippen LogP contribution in [0.2, 0.25) is 0 Å². The zero-order valence-corrected chi connectivity index (χ0v) is 14.8. The van der Waals surface area contributed by atoms with Crippen LogP contribution in [-0.4, -0.2) is 28.2 Å². The molecule has 0 saturated heterocycles. The van der Waals surface area contributed by atoms with Crippen LogP contribution in [0, 0.1) is 34.0 Å². The molecule has 7 atom stereocenters. The van der Waals surface area contributed by atoms with Crippen LogP contribution in [-0.2, 0) is 4.79 Å². The fourth-order valence-electron chi connectivity index (χ4n) is 7.93. The molecule has 2 bridgehead atoms. The third-order valence-electron chi connectivity index (χ3n) is 8.71. The molecule has 2 N–H and O–H groups in total. The zero-order chi connectivity index (χ0) is 16.7. The Bertz CT molecular complexity index is 525. The van der Waals surface area contributed by atoms with Gasteiger partial charge >= 0.3 is 0 Å². The summed E-state index contributed by atoms with van der Waals surface area (Å²) in [7, 11) is 0. The molecule has 4 aliphatic rings. The van der Waals surface area contributed by atoms with Crippen molar-refractivity contribution in [1.82, 2.24) is 0 Å². The normalized spacial score (nSPS) is 57.4. The average molecular weight is 320 g/mol. The Hall–Kier alpha value is -0.410. The van der Waals surface area contributed by atoms with Crippen molar-refractivity contribution < 1.29 is 15.0 Å². The van der Waals surface area contributed by atoms with Crippen molar-refractivity contribution in [2.24, 2.45) is 34.0 Å². The zero-order valence-electron chi connectivity index (χ0n) is 14.8. The Kier molecular flexibility index (Phi) is 3.22. The quantitative estimate of drug-likeness (QED) is 0.729. The van der Waals surface area contributed by atoms with Gasteiger partial charge in [0.25, 0.3) is 0 Å². The predicted octanol–water partition coefficient (Wildman–Crippen LogP) is 3.32. The Morgan fingerprint density at radius 1 is 1.00 bits per heavy atom. The van der Waals surface area contributed by atoms with E-state index in [0.29, 0.717) is 12.3 Å². The largest absolute Gasteiger partial charge is 0.392 e. The first kappa shape index (κ1) is 16.1. The van der Waals surface area contributed by atoms with Gasteiger partial charge in [0.15, 0.2) is 0 Å². The topological polar surface area (TPSA) is 57.5 Å². The van der Waals surface area contributed by atoms with Crippen molar-refractivity contribution in [2.75, 3.05) is 0 Å². The SMILES string of the molecule is CC1(C)CCC[C@]2(C=O)[C@H]3CC[C@@H]4[C@@H](O)[C@]3(CC[C@@H]12)C[C@]4(C)O. The van der Waals surface area contributed by atoms with Crippen LogP contribution in [0.15, 0.2) is 0 Å². The van der Waals surface area contributed by atoms with Gasteiger partial charge in [-0.3, -0.25) is 0 Å². The second-order valence-electron chi connectivity index (χ2n) is 10.1. The van der Waals surface area contributed by atoms with Crippen LogP contribution < -0.4 is 0 Å². The summed E-state index contributed by atoms with van der Waals surface area (Å²) in [6.45, 7) is 6.57. The molecule has 4 rings (SSSR count). The van der Waals surface area contributed by atoms with E-state index < -0.39 is 11.7 Å². The molecule has 0 aromatic carbocycles. The molecule has 0 unspecified atom stereocenters. The molecular formula is C20H32O3. The molecule has 0 aromatic rings. The molecule has 4 saturated carbocycles. The van der Waals surface area contributed by atoms with Gasteiger partial charge in [-0.2, -0.15) is 0 Å². The first-order valence-corrected chi connectivity index (χ1v) is 9.56. The van der Waals surface area contributed by atoms with Gasteiger partial charge in [-0.15, -0.1) is 0 Å². The van der Waals surface area contributed by atoms with Gasteiger partial charge < -0.3 is 15.0 Å². The summed E-state index contributed by atoms with van der Waals surface area (Å²) in [6, 6.07) is 0. The van der Waals surface area contributed by atoms with Crippen LogP contribution in [0.3, 0.4) is 0 Å². The molecule has 0 radical (unpaired) electrons. The first-order valence-electron chi connectivity index (χ1n) is 9.56. The molecule has 0 amide bonds. The maximum absolute atomic E-state index is 12.5. The molecule has 0 aromatic heterocycles. The maximum atomic E-state index is 12.5. The van der Waals surface area contributed by atoms with E-state index >= 15 is 0 Å². The third kappa shape index (κ3) is 1.81. The van der Waals surface area contributed by atoms with Crippen molar-refractivity contribution in [2.45, 2.75) is 83.8 Å². The number of carbonyl (C=O) groups is 1. The number of hydrogen-bond donors (Lipinski definition) is 2. The highest BCUT2D eigenvalue weighted by Gasteiger charge is 2.71. The first-order chi connectivity index (χ1) is 10.7. The second kappa shape index (κ2) is 4.60. The van der Waals surface area contributed by atoms with Crippen molar-refractivity contribution in [3.63, 3.8) is 0 Å². The van der Waals surface area contributed by atoms with Crippen molar-refractivity contribution in [3.8, 4) is 0 Å². The number of aldehydes is 1. The van der Waals surface area contributed by atoms with E-state index in [2.05, 4.69) is 13.8 Å². The highest BCUT2D eigenvalue weighted by Crippen LogP contribution is 2.72. The average Bonchev–Trinajstić information content (AvgIpc) is 2.58. The van der Waals surface area contributed by atoms with Gasteiger partial charge in [0, 0.05) is 16.7 Å². The lowest BCUT2D eigenvalue weighted by Crippen LogP contribution is -2.61. The van der Waals surface area contributed by atoms with E-state index in [1.807, 2.05) is 6.92 Å². The molecule has 0 aliphatic heterocycles. The van der Waals surface area contributed by atoms with Gasteiger partial charge in [-0.05, 0) is 69.1 Å². The van der Waals surface area contributed by atoms with Gasteiger partial charge in [0.05, 0.1) is 11.7 Å². The Labute approximate surface area is 139 Å². The molecule has 1 spiro atoms. The van der Waals surface area contributed by atoms with E-state index in [-0.39, 0.29) is 28.1 Å². The molecule has 0 heterocycles. The smallest absolute Gasteiger partial charge is 0.126 e. The summed E-state index contributed by atoms with van der Waals surface area (Å²) in [6.07, 6.45) is 8.71. The van der Waals surface area contributed by atoms with E-state index in [1.54, 1.807) is 0 Å². The van der Waals surface area contributed by atoms with Crippen molar-refractivity contribution in [3.05, 3.63) is 0 Å². The molecule has 4 aliphatic carbocycles. The number of rotatable bonds is 1. The Morgan fingerprint density at radius 2 is 1.74 bits per heavy atom. The van der Waals surface area contributed by atoms with E-state index in [1.165, 1.54) is 12.7 Å². The molecule has 130 valence electrons. The summed E-state index contributed by atoms with van der Waals surface area (Å²) in [5, 5.41) is 22.0. The van der Waals surface area contributed by atoms with Gasteiger partial charge in [0.2, 0.25) is 0 Å². The highest BCUT2D eigenvalue weighted by molar-refractivity contribution is 5.62. The van der Waals surface area contributed by atoms with Crippen molar-refractivity contribution in [1.29, 1.82) is 0 Å². The number of aliphatic hydroxyl groups excluding tert-OH is 1. The lowest BCUT2D eigenvalue weighted by Gasteiger charge is -2.63. The molecule has 3 heteroatoms. The maximum Gasteiger partial charge on any atom is 0.126 e. The third-order valence-corrected chi connectivity index (χ3v) is 8.71. The van der Waals surface area contributed by atoms with Crippen LogP contribution >= 0.6 is 0 Å². The summed E-state index contributed by atoms with van der Waals surface area (Å²) in [5.41, 5.74) is -1.05. The summed E-state index contributed by atoms with van der Waals surface area (Å²) in [4.78, 5) is 12.5. The summed E-state index contributed by atoms with van der Waals surface area (Å²) >= 11 is 0. The number of carbonyl (C=O) groups excluding carboxylic acids is 1.